The highest BCUT2D eigenvalue weighted by atomic mass is 35.5. The molecule has 4 rings (SSSR count). The summed E-state index contributed by atoms with van der Waals surface area (Å²) < 4.78 is 1.17. The number of amides is 1. The van der Waals surface area contributed by atoms with Gasteiger partial charge in [0.25, 0.3) is 5.91 Å². The molecule has 0 aliphatic carbocycles. The first-order chi connectivity index (χ1) is 11.7. The van der Waals surface area contributed by atoms with Gasteiger partial charge in [0.2, 0.25) is 0 Å². The van der Waals surface area contributed by atoms with Crippen molar-refractivity contribution >= 4 is 39.1 Å². The number of thiazole rings is 1. The van der Waals surface area contributed by atoms with Crippen LogP contribution in [0.5, 0.6) is 0 Å². The molecule has 1 aliphatic rings. The SMILES string of the molecule is O=C(c1ccccn1)N1CCC(c2nc3cc(Cl)ccc3s2)CC1. The van der Waals surface area contributed by atoms with Crippen molar-refractivity contribution in [2.24, 2.45) is 0 Å². The summed E-state index contributed by atoms with van der Waals surface area (Å²) in [5.74, 6) is 0.430. The number of aromatic nitrogens is 2. The smallest absolute Gasteiger partial charge is 0.272 e. The van der Waals surface area contributed by atoms with Gasteiger partial charge in [0.1, 0.15) is 5.69 Å². The van der Waals surface area contributed by atoms with E-state index in [9.17, 15) is 4.79 Å². The molecule has 3 heterocycles. The first-order valence-electron chi connectivity index (χ1n) is 7.97. The van der Waals surface area contributed by atoms with Crippen LogP contribution in [0.2, 0.25) is 5.02 Å². The molecule has 1 aliphatic heterocycles. The average molecular weight is 358 g/mol. The maximum atomic E-state index is 12.5. The van der Waals surface area contributed by atoms with E-state index in [1.54, 1.807) is 23.6 Å². The van der Waals surface area contributed by atoms with Gasteiger partial charge in [-0.3, -0.25) is 9.78 Å². The lowest BCUT2D eigenvalue weighted by Gasteiger charge is -2.30. The van der Waals surface area contributed by atoms with Gasteiger partial charge in [-0.25, -0.2) is 4.98 Å². The number of piperidine rings is 1. The fourth-order valence-electron chi connectivity index (χ4n) is 3.07. The van der Waals surface area contributed by atoms with Crippen molar-refractivity contribution in [2.45, 2.75) is 18.8 Å². The maximum absolute atomic E-state index is 12.5. The predicted molar refractivity (Wildman–Crippen MR) is 96.7 cm³/mol. The molecule has 2 aromatic heterocycles. The van der Waals surface area contributed by atoms with Crippen molar-refractivity contribution < 1.29 is 4.79 Å². The zero-order chi connectivity index (χ0) is 16.5. The lowest BCUT2D eigenvalue weighted by Crippen LogP contribution is -2.38. The van der Waals surface area contributed by atoms with Gasteiger partial charge in [-0.1, -0.05) is 17.7 Å². The van der Waals surface area contributed by atoms with Gasteiger partial charge >= 0.3 is 0 Å². The van der Waals surface area contributed by atoms with Gasteiger partial charge in [-0.15, -0.1) is 11.3 Å². The molecular formula is C18H16ClN3OS. The molecule has 0 N–H and O–H groups in total. The third-order valence-corrected chi connectivity index (χ3v) is 5.82. The monoisotopic (exact) mass is 357 g/mol. The van der Waals surface area contributed by atoms with Crippen molar-refractivity contribution in [1.82, 2.24) is 14.9 Å². The standard InChI is InChI=1S/C18H16ClN3OS/c19-13-4-5-16-15(11-13)21-17(24-16)12-6-9-22(10-7-12)18(23)14-3-1-2-8-20-14/h1-5,8,11-12H,6-7,9-10H2. The Hall–Kier alpha value is -1.98. The third kappa shape index (κ3) is 3.01. The summed E-state index contributed by atoms with van der Waals surface area (Å²) in [5, 5.41) is 1.87. The highest BCUT2D eigenvalue weighted by Crippen LogP contribution is 2.34. The van der Waals surface area contributed by atoms with Gasteiger partial charge in [-0.2, -0.15) is 0 Å². The number of rotatable bonds is 2. The molecule has 6 heteroatoms. The molecule has 0 bridgehead atoms. The van der Waals surface area contributed by atoms with E-state index in [-0.39, 0.29) is 5.91 Å². The van der Waals surface area contributed by atoms with Crippen LogP contribution >= 0.6 is 22.9 Å². The molecule has 0 radical (unpaired) electrons. The molecule has 1 saturated heterocycles. The summed E-state index contributed by atoms with van der Waals surface area (Å²) in [6.45, 7) is 1.49. The van der Waals surface area contributed by atoms with E-state index in [0.29, 0.717) is 11.6 Å². The fraction of sp³-hybridized carbons (Fsp3) is 0.278. The van der Waals surface area contributed by atoms with Crippen molar-refractivity contribution in [2.75, 3.05) is 13.1 Å². The molecule has 0 atom stereocenters. The van der Waals surface area contributed by atoms with Crippen LogP contribution in [-0.4, -0.2) is 33.9 Å². The quantitative estimate of drug-likeness (QED) is 0.684. The highest BCUT2D eigenvalue weighted by Gasteiger charge is 2.26. The van der Waals surface area contributed by atoms with Crippen molar-refractivity contribution in [1.29, 1.82) is 0 Å². The second kappa shape index (κ2) is 6.49. The third-order valence-electron chi connectivity index (χ3n) is 4.38. The summed E-state index contributed by atoms with van der Waals surface area (Å²) in [4.78, 5) is 23.2. The first kappa shape index (κ1) is 15.5. The van der Waals surface area contributed by atoms with Crippen LogP contribution in [0.3, 0.4) is 0 Å². The number of pyridine rings is 1. The molecule has 4 nitrogen and oxygen atoms in total. The van der Waals surface area contributed by atoms with E-state index in [0.717, 1.165) is 41.5 Å². The first-order valence-corrected chi connectivity index (χ1v) is 9.16. The maximum Gasteiger partial charge on any atom is 0.272 e. The molecule has 1 aromatic carbocycles. The fourth-order valence-corrected chi connectivity index (χ4v) is 4.36. The Bertz CT molecular complexity index is 872. The highest BCUT2D eigenvalue weighted by molar-refractivity contribution is 7.18. The minimum atomic E-state index is 0.0186. The second-order valence-electron chi connectivity index (χ2n) is 5.95. The summed E-state index contributed by atoms with van der Waals surface area (Å²) in [6.07, 6.45) is 3.53. The van der Waals surface area contributed by atoms with Crippen LogP contribution in [0.25, 0.3) is 10.2 Å². The van der Waals surface area contributed by atoms with Crippen LogP contribution < -0.4 is 0 Å². The molecule has 0 saturated carbocycles. The lowest BCUT2D eigenvalue weighted by molar-refractivity contribution is 0.0707. The Labute approximate surface area is 149 Å². The molecule has 1 amide bonds. The Balaban J connectivity index is 1.46. The Kier molecular flexibility index (Phi) is 4.21. The van der Waals surface area contributed by atoms with E-state index in [1.165, 1.54) is 4.70 Å². The molecule has 1 fully saturated rings. The molecular weight excluding hydrogens is 342 g/mol. The molecule has 0 spiro atoms. The number of carbonyl (C=O) groups excluding carboxylic acids is 1. The number of benzene rings is 1. The zero-order valence-electron chi connectivity index (χ0n) is 13.0. The molecule has 24 heavy (non-hydrogen) atoms. The summed E-state index contributed by atoms with van der Waals surface area (Å²) in [5.41, 5.74) is 1.49. The number of hydrogen-bond acceptors (Lipinski definition) is 4. The minimum Gasteiger partial charge on any atom is -0.337 e. The number of carbonyl (C=O) groups is 1. The van der Waals surface area contributed by atoms with Gasteiger partial charge in [0.15, 0.2) is 0 Å². The van der Waals surface area contributed by atoms with Crippen molar-refractivity contribution in [3.63, 3.8) is 0 Å². The van der Waals surface area contributed by atoms with E-state index < -0.39 is 0 Å². The minimum absolute atomic E-state index is 0.0186. The summed E-state index contributed by atoms with van der Waals surface area (Å²) >= 11 is 7.77. The Morgan fingerprint density at radius 1 is 1.21 bits per heavy atom. The normalized spacial score (nSPS) is 15.8. The lowest BCUT2D eigenvalue weighted by atomic mass is 9.97. The predicted octanol–water partition coefficient (Wildman–Crippen LogP) is 4.36. The van der Waals surface area contributed by atoms with E-state index >= 15 is 0 Å². The van der Waals surface area contributed by atoms with Crippen LogP contribution in [0, 0.1) is 0 Å². The Morgan fingerprint density at radius 3 is 2.79 bits per heavy atom. The number of hydrogen-bond donors (Lipinski definition) is 0. The van der Waals surface area contributed by atoms with E-state index in [2.05, 4.69) is 4.98 Å². The van der Waals surface area contributed by atoms with Gasteiger partial charge in [-0.05, 0) is 43.2 Å². The number of likely N-dealkylation sites (tertiary alicyclic amines) is 1. The molecule has 0 unspecified atom stereocenters. The Morgan fingerprint density at radius 2 is 2.04 bits per heavy atom. The summed E-state index contributed by atoms with van der Waals surface area (Å²) in [6, 6.07) is 11.3. The van der Waals surface area contributed by atoms with Crippen LogP contribution in [0.4, 0.5) is 0 Å². The van der Waals surface area contributed by atoms with Crippen LogP contribution in [0.1, 0.15) is 34.3 Å². The zero-order valence-corrected chi connectivity index (χ0v) is 14.6. The van der Waals surface area contributed by atoms with Crippen LogP contribution in [0.15, 0.2) is 42.6 Å². The van der Waals surface area contributed by atoms with Gasteiger partial charge in [0, 0.05) is 30.2 Å². The van der Waals surface area contributed by atoms with Crippen molar-refractivity contribution in [3.05, 3.63) is 58.3 Å². The van der Waals surface area contributed by atoms with Gasteiger partial charge < -0.3 is 4.90 Å². The van der Waals surface area contributed by atoms with Crippen LogP contribution in [-0.2, 0) is 0 Å². The van der Waals surface area contributed by atoms with Crippen molar-refractivity contribution in [3.8, 4) is 0 Å². The molecule has 122 valence electrons. The average Bonchev–Trinajstić information content (AvgIpc) is 3.05. The number of halogens is 1. The van der Waals surface area contributed by atoms with Gasteiger partial charge in [0.05, 0.1) is 15.2 Å². The van der Waals surface area contributed by atoms with E-state index in [4.69, 9.17) is 16.6 Å². The number of fused-ring (bicyclic) bond motifs is 1. The largest absolute Gasteiger partial charge is 0.337 e. The van der Waals surface area contributed by atoms with E-state index in [1.807, 2.05) is 35.2 Å². The number of nitrogens with zero attached hydrogens (tertiary/aromatic N) is 3. The molecule has 3 aromatic rings. The topological polar surface area (TPSA) is 46.1 Å². The summed E-state index contributed by atoms with van der Waals surface area (Å²) in [7, 11) is 0. The second-order valence-corrected chi connectivity index (χ2v) is 7.44.